The molecule has 6 heteroatoms. The third-order valence-electron chi connectivity index (χ3n) is 3.33. The molecule has 0 bridgehead atoms. The predicted molar refractivity (Wildman–Crippen MR) is 92.5 cm³/mol. The number of carbonyl (C=O) groups is 1. The van der Waals surface area contributed by atoms with Crippen LogP contribution in [0.1, 0.15) is 27.7 Å². The van der Waals surface area contributed by atoms with Gasteiger partial charge in [-0.15, -0.1) is 0 Å². The van der Waals surface area contributed by atoms with Crippen LogP contribution in [-0.2, 0) is 14.8 Å². The van der Waals surface area contributed by atoms with Gasteiger partial charge in [-0.3, -0.25) is 4.79 Å². The Hall–Kier alpha value is -1.40. The summed E-state index contributed by atoms with van der Waals surface area (Å²) < 4.78 is 26.1. The Kier molecular flexibility index (Phi) is 7.22. The lowest BCUT2D eigenvalue weighted by Gasteiger charge is -2.28. The van der Waals surface area contributed by atoms with Crippen molar-refractivity contribution in [3.63, 3.8) is 0 Å². The standard InChI is InChI=1S/C17H28N2O3S/c1-14(2)11-19(12-15(3)4)17(20)13-18(5)23(21,22)16-9-7-6-8-10-16/h6-10,14-15H,11-13H2,1-5H3. The molecule has 0 N–H and O–H groups in total. The van der Waals surface area contributed by atoms with Crippen LogP contribution in [0.4, 0.5) is 0 Å². The second-order valence-corrected chi connectivity index (χ2v) is 8.71. The number of hydrogen-bond donors (Lipinski definition) is 0. The summed E-state index contributed by atoms with van der Waals surface area (Å²) in [6.07, 6.45) is 0. The van der Waals surface area contributed by atoms with Gasteiger partial charge in [-0.1, -0.05) is 45.9 Å². The second-order valence-electron chi connectivity index (χ2n) is 6.66. The lowest BCUT2D eigenvalue weighted by atomic mass is 10.1. The largest absolute Gasteiger partial charge is 0.341 e. The Balaban J connectivity index is 2.84. The zero-order valence-electron chi connectivity index (χ0n) is 14.7. The molecule has 0 unspecified atom stereocenters. The van der Waals surface area contributed by atoms with Crippen molar-refractivity contribution in [1.29, 1.82) is 0 Å². The van der Waals surface area contributed by atoms with Crippen molar-refractivity contribution in [2.45, 2.75) is 32.6 Å². The van der Waals surface area contributed by atoms with E-state index in [0.717, 1.165) is 4.31 Å². The summed E-state index contributed by atoms with van der Waals surface area (Å²) in [4.78, 5) is 14.5. The van der Waals surface area contributed by atoms with Gasteiger partial charge in [0.1, 0.15) is 0 Å². The summed E-state index contributed by atoms with van der Waals surface area (Å²) in [5.41, 5.74) is 0. The van der Waals surface area contributed by atoms with Crippen molar-refractivity contribution >= 4 is 15.9 Å². The maximum Gasteiger partial charge on any atom is 0.243 e. The third kappa shape index (κ3) is 5.95. The minimum absolute atomic E-state index is 0.142. The van der Waals surface area contributed by atoms with E-state index in [0.29, 0.717) is 24.9 Å². The van der Waals surface area contributed by atoms with Gasteiger partial charge in [-0.25, -0.2) is 8.42 Å². The molecular weight excluding hydrogens is 312 g/mol. The molecule has 0 saturated carbocycles. The SMILES string of the molecule is CC(C)CN(CC(C)C)C(=O)CN(C)S(=O)(=O)c1ccccc1. The first-order chi connectivity index (χ1) is 10.6. The minimum atomic E-state index is -3.64. The Bertz CT molecular complexity index is 588. The summed E-state index contributed by atoms with van der Waals surface area (Å²) in [5, 5.41) is 0. The highest BCUT2D eigenvalue weighted by molar-refractivity contribution is 7.89. The fraction of sp³-hybridized carbons (Fsp3) is 0.588. The number of carbonyl (C=O) groups excluding carboxylic acids is 1. The Morgan fingerprint density at radius 3 is 1.91 bits per heavy atom. The molecule has 23 heavy (non-hydrogen) atoms. The quantitative estimate of drug-likeness (QED) is 0.730. The number of nitrogens with zero attached hydrogens (tertiary/aromatic N) is 2. The molecule has 0 saturated heterocycles. The average molecular weight is 340 g/mol. The number of benzene rings is 1. The smallest absolute Gasteiger partial charge is 0.243 e. The third-order valence-corrected chi connectivity index (χ3v) is 5.15. The number of amides is 1. The van der Waals surface area contributed by atoms with Gasteiger partial charge in [-0.2, -0.15) is 4.31 Å². The Labute approximate surface area is 140 Å². The first-order valence-corrected chi connectivity index (χ1v) is 9.37. The molecule has 0 fully saturated rings. The molecule has 0 aliphatic carbocycles. The van der Waals surface area contributed by atoms with Crippen molar-refractivity contribution in [3.05, 3.63) is 30.3 Å². The fourth-order valence-electron chi connectivity index (χ4n) is 2.31. The first kappa shape index (κ1) is 19.6. The summed E-state index contributed by atoms with van der Waals surface area (Å²) in [6.45, 7) is 9.31. The monoisotopic (exact) mass is 340 g/mol. The Morgan fingerprint density at radius 1 is 1.00 bits per heavy atom. The number of rotatable bonds is 8. The summed E-state index contributed by atoms with van der Waals surface area (Å²) in [6, 6.07) is 8.18. The van der Waals surface area contributed by atoms with Gasteiger partial charge in [0.25, 0.3) is 0 Å². The van der Waals surface area contributed by atoms with Crippen molar-refractivity contribution in [1.82, 2.24) is 9.21 Å². The van der Waals surface area contributed by atoms with Crippen molar-refractivity contribution in [2.75, 3.05) is 26.7 Å². The van der Waals surface area contributed by atoms with Gasteiger partial charge in [0.05, 0.1) is 11.4 Å². The maximum atomic E-state index is 12.5. The first-order valence-electron chi connectivity index (χ1n) is 7.93. The van der Waals surface area contributed by atoms with Crippen LogP contribution >= 0.6 is 0 Å². The van der Waals surface area contributed by atoms with E-state index in [1.54, 1.807) is 23.1 Å². The van der Waals surface area contributed by atoms with E-state index in [9.17, 15) is 13.2 Å². The van der Waals surface area contributed by atoms with E-state index in [4.69, 9.17) is 0 Å². The zero-order valence-corrected chi connectivity index (χ0v) is 15.5. The number of likely N-dealkylation sites (N-methyl/N-ethyl adjacent to an activating group) is 1. The molecule has 0 aliphatic rings. The van der Waals surface area contributed by atoms with E-state index >= 15 is 0 Å². The second kappa shape index (κ2) is 8.45. The van der Waals surface area contributed by atoms with Gasteiger partial charge >= 0.3 is 0 Å². The number of hydrogen-bond acceptors (Lipinski definition) is 3. The van der Waals surface area contributed by atoms with E-state index < -0.39 is 10.0 Å². The highest BCUT2D eigenvalue weighted by Crippen LogP contribution is 2.14. The van der Waals surface area contributed by atoms with Crippen LogP contribution < -0.4 is 0 Å². The Morgan fingerprint density at radius 2 is 1.48 bits per heavy atom. The van der Waals surface area contributed by atoms with E-state index in [1.807, 2.05) is 27.7 Å². The predicted octanol–water partition coefficient (Wildman–Crippen LogP) is 2.45. The van der Waals surface area contributed by atoms with Crippen molar-refractivity contribution < 1.29 is 13.2 Å². The number of sulfonamides is 1. The molecule has 0 heterocycles. The molecule has 130 valence electrons. The lowest BCUT2D eigenvalue weighted by Crippen LogP contribution is -2.44. The van der Waals surface area contributed by atoms with E-state index in [1.165, 1.54) is 19.2 Å². The molecule has 1 amide bonds. The molecule has 0 spiro atoms. The fourth-order valence-corrected chi connectivity index (χ4v) is 3.45. The molecule has 0 atom stereocenters. The molecule has 5 nitrogen and oxygen atoms in total. The highest BCUT2D eigenvalue weighted by Gasteiger charge is 2.25. The molecular formula is C17H28N2O3S. The van der Waals surface area contributed by atoms with Gasteiger partial charge in [0.2, 0.25) is 15.9 Å². The van der Waals surface area contributed by atoms with Crippen LogP contribution in [0.5, 0.6) is 0 Å². The normalized spacial score (nSPS) is 12.2. The van der Waals surface area contributed by atoms with Crippen LogP contribution in [-0.4, -0.2) is 50.2 Å². The average Bonchev–Trinajstić information content (AvgIpc) is 2.46. The van der Waals surface area contributed by atoms with Gasteiger partial charge in [0.15, 0.2) is 0 Å². The summed E-state index contributed by atoms with van der Waals surface area (Å²) >= 11 is 0. The van der Waals surface area contributed by atoms with E-state index in [-0.39, 0.29) is 17.3 Å². The maximum absolute atomic E-state index is 12.5. The van der Waals surface area contributed by atoms with Crippen LogP contribution in [0.2, 0.25) is 0 Å². The molecule has 0 aromatic heterocycles. The topological polar surface area (TPSA) is 57.7 Å². The van der Waals surface area contributed by atoms with Crippen molar-refractivity contribution in [3.8, 4) is 0 Å². The van der Waals surface area contributed by atoms with Gasteiger partial charge in [-0.05, 0) is 24.0 Å². The molecule has 0 radical (unpaired) electrons. The lowest BCUT2D eigenvalue weighted by molar-refractivity contribution is -0.132. The van der Waals surface area contributed by atoms with Crippen LogP contribution in [0.25, 0.3) is 0 Å². The molecule has 1 aromatic carbocycles. The molecule has 1 rings (SSSR count). The molecule has 0 aliphatic heterocycles. The van der Waals surface area contributed by atoms with Crippen molar-refractivity contribution in [2.24, 2.45) is 11.8 Å². The van der Waals surface area contributed by atoms with Crippen LogP contribution in [0.15, 0.2) is 35.2 Å². The highest BCUT2D eigenvalue weighted by atomic mass is 32.2. The molecule has 1 aromatic rings. The van der Waals surface area contributed by atoms with Crippen LogP contribution in [0.3, 0.4) is 0 Å². The van der Waals surface area contributed by atoms with Gasteiger partial charge < -0.3 is 4.90 Å². The van der Waals surface area contributed by atoms with Gasteiger partial charge in [0, 0.05) is 20.1 Å². The minimum Gasteiger partial charge on any atom is -0.341 e. The van der Waals surface area contributed by atoms with E-state index in [2.05, 4.69) is 0 Å². The zero-order chi connectivity index (χ0) is 17.6. The summed E-state index contributed by atoms with van der Waals surface area (Å²) in [7, 11) is -2.19. The summed E-state index contributed by atoms with van der Waals surface area (Å²) in [5.74, 6) is 0.525. The van der Waals surface area contributed by atoms with Crippen LogP contribution in [0, 0.1) is 11.8 Å².